The number of hydrogen-bond donors (Lipinski definition) is 0. The molecular formula is C50H34N4. The first-order chi connectivity index (χ1) is 26.8. The minimum Gasteiger partial charge on any atom is -0.264 e. The van der Waals surface area contributed by atoms with Crippen molar-refractivity contribution in [2.45, 2.75) is 0 Å². The van der Waals surface area contributed by atoms with Crippen LogP contribution in [0.2, 0.25) is 0 Å². The van der Waals surface area contributed by atoms with Gasteiger partial charge < -0.3 is 0 Å². The van der Waals surface area contributed by atoms with Gasteiger partial charge in [0.05, 0.1) is 11.4 Å². The van der Waals surface area contributed by atoms with Crippen LogP contribution in [0.5, 0.6) is 0 Å². The van der Waals surface area contributed by atoms with Gasteiger partial charge in [-0.3, -0.25) is 19.9 Å². The Bertz CT molecular complexity index is 2250. The molecule has 4 nitrogen and oxygen atoms in total. The van der Waals surface area contributed by atoms with Crippen LogP contribution in [0.1, 0.15) is 0 Å². The highest BCUT2D eigenvalue weighted by Crippen LogP contribution is 2.43. The Labute approximate surface area is 315 Å². The van der Waals surface area contributed by atoms with Crippen molar-refractivity contribution in [3.63, 3.8) is 0 Å². The molecule has 254 valence electrons. The maximum absolute atomic E-state index is 4.59. The lowest BCUT2D eigenvalue weighted by atomic mass is 9.84. The number of rotatable bonds is 8. The summed E-state index contributed by atoms with van der Waals surface area (Å²) in [6, 6.07) is 60.1. The van der Waals surface area contributed by atoms with Gasteiger partial charge in [-0.25, -0.2) is 0 Å². The Balaban J connectivity index is 1.23. The van der Waals surface area contributed by atoms with Crippen LogP contribution in [0.3, 0.4) is 0 Å². The van der Waals surface area contributed by atoms with Crippen molar-refractivity contribution in [3.05, 3.63) is 207 Å². The third-order valence-corrected chi connectivity index (χ3v) is 9.85. The molecule has 0 N–H and O–H groups in total. The molecular weight excluding hydrogens is 657 g/mol. The minimum atomic E-state index is 0.953. The molecule has 0 radical (unpaired) electrons. The zero-order valence-electron chi connectivity index (χ0n) is 29.4. The van der Waals surface area contributed by atoms with Gasteiger partial charge in [0.1, 0.15) is 0 Å². The van der Waals surface area contributed by atoms with Crippen molar-refractivity contribution in [2.75, 3.05) is 0 Å². The molecule has 5 aromatic carbocycles. The lowest BCUT2D eigenvalue weighted by molar-refractivity contribution is 1.33. The van der Waals surface area contributed by atoms with Crippen LogP contribution in [-0.4, -0.2) is 19.9 Å². The average molecular weight is 691 g/mol. The zero-order chi connectivity index (χ0) is 36.1. The van der Waals surface area contributed by atoms with Crippen molar-refractivity contribution in [2.24, 2.45) is 0 Å². The van der Waals surface area contributed by atoms with Crippen molar-refractivity contribution < 1.29 is 0 Å². The molecule has 9 rings (SSSR count). The number of nitrogens with zero attached hydrogens (tertiary/aromatic N) is 4. The smallest absolute Gasteiger partial charge is 0.0701 e. The second-order valence-corrected chi connectivity index (χ2v) is 13.2. The highest BCUT2D eigenvalue weighted by Gasteiger charge is 2.17. The first kappa shape index (κ1) is 32.6. The van der Waals surface area contributed by atoms with Crippen molar-refractivity contribution in [1.82, 2.24) is 19.9 Å². The Kier molecular flexibility index (Phi) is 8.90. The topological polar surface area (TPSA) is 51.6 Å². The maximum atomic E-state index is 4.59. The summed E-state index contributed by atoms with van der Waals surface area (Å²) in [5, 5.41) is 0. The average Bonchev–Trinajstić information content (AvgIpc) is 3.27. The van der Waals surface area contributed by atoms with Crippen LogP contribution in [0.4, 0.5) is 0 Å². The largest absolute Gasteiger partial charge is 0.264 e. The third-order valence-electron chi connectivity index (χ3n) is 9.85. The van der Waals surface area contributed by atoms with Crippen LogP contribution in [0.15, 0.2) is 207 Å². The monoisotopic (exact) mass is 690 g/mol. The molecule has 4 heterocycles. The number of aromatic nitrogens is 4. The second kappa shape index (κ2) is 14.7. The van der Waals surface area contributed by atoms with Gasteiger partial charge in [-0.15, -0.1) is 0 Å². The molecule has 0 amide bonds. The van der Waals surface area contributed by atoms with Gasteiger partial charge in [0.2, 0.25) is 0 Å². The molecule has 0 saturated carbocycles. The molecule has 0 spiro atoms. The lowest BCUT2D eigenvalue weighted by Gasteiger charge is -2.19. The molecule has 0 aliphatic carbocycles. The van der Waals surface area contributed by atoms with Gasteiger partial charge in [0.15, 0.2) is 0 Å². The predicted molar refractivity (Wildman–Crippen MR) is 221 cm³/mol. The van der Waals surface area contributed by atoms with Crippen molar-refractivity contribution in [1.29, 1.82) is 0 Å². The van der Waals surface area contributed by atoms with Crippen LogP contribution >= 0.6 is 0 Å². The third kappa shape index (κ3) is 6.72. The number of hydrogen-bond acceptors (Lipinski definition) is 4. The Hall–Kier alpha value is -7.30. The lowest BCUT2D eigenvalue weighted by Crippen LogP contribution is -1.93. The van der Waals surface area contributed by atoms with Crippen molar-refractivity contribution >= 4 is 0 Å². The minimum absolute atomic E-state index is 0.953. The van der Waals surface area contributed by atoms with E-state index < -0.39 is 0 Å². The molecule has 0 aliphatic heterocycles. The molecule has 4 heteroatoms. The van der Waals surface area contributed by atoms with E-state index in [9.17, 15) is 0 Å². The van der Waals surface area contributed by atoms with Gasteiger partial charge in [-0.1, -0.05) is 121 Å². The Morgan fingerprint density at radius 2 is 0.574 bits per heavy atom. The quantitative estimate of drug-likeness (QED) is 0.159. The van der Waals surface area contributed by atoms with Crippen LogP contribution in [0.25, 0.3) is 89.3 Å². The highest BCUT2D eigenvalue weighted by atomic mass is 14.7. The SMILES string of the molecule is c1ccc(-c2ccc(-c3cc(-c4ccc(-c5ccccn5)cc4)c(-c4ccc(-c5cccnc5)cc4)cc3-c3ccc(-c4cccnc4)cc3)cc2)nc1. The van der Waals surface area contributed by atoms with E-state index in [4.69, 9.17) is 0 Å². The van der Waals surface area contributed by atoms with E-state index in [0.29, 0.717) is 0 Å². The number of pyridine rings is 4. The van der Waals surface area contributed by atoms with Gasteiger partial charge in [-0.05, 0) is 115 Å². The molecule has 9 aromatic rings. The molecule has 0 saturated heterocycles. The van der Waals surface area contributed by atoms with E-state index >= 15 is 0 Å². The maximum Gasteiger partial charge on any atom is 0.0701 e. The summed E-state index contributed by atoms with van der Waals surface area (Å²) in [7, 11) is 0. The van der Waals surface area contributed by atoms with Gasteiger partial charge in [0, 0.05) is 48.3 Å². The van der Waals surface area contributed by atoms with E-state index in [2.05, 4.69) is 141 Å². The van der Waals surface area contributed by atoms with E-state index in [1.54, 1.807) is 0 Å². The summed E-state index contributed by atoms with van der Waals surface area (Å²) < 4.78 is 0. The summed E-state index contributed by atoms with van der Waals surface area (Å²) in [5.74, 6) is 0. The second-order valence-electron chi connectivity index (χ2n) is 13.2. The molecule has 4 aromatic heterocycles. The van der Waals surface area contributed by atoms with Gasteiger partial charge >= 0.3 is 0 Å². The first-order valence-corrected chi connectivity index (χ1v) is 18.0. The summed E-state index contributed by atoms with van der Waals surface area (Å²) in [6.45, 7) is 0. The van der Waals surface area contributed by atoms with Gasteiger partial charge in [0.25, 0.3) is 0 Å². The summed E-state index contributed by atoms with van der Waals surface area (Å²) in [5.41, 5.74) is 17.6. The Morgan fingerprint density at radius 1 is 0.241 bits per heavy atom. The van der Waals surface area contributed by atoms with Crippen LogP contribution < -0.4 is 0 Å². The fourth-order valence-corrected chi connectivity index (χ4v) is 7.01. The molecule has 0 unspecified atom stereocenters. The van der Waals surface area contributed by atoms with Gasteiger partial charge in [-0.2, -0.15) is 0 Å². The molecule has 0 bridgehead atoms. The standard InChI is InChI=1S/C50H34N4/c1-3-29-53-49(9-1)41-23-19-39(20-24-41)47-32-48(40-21-25-42(26-22-40)50-10-2-4-30-54-50)46(38-17-13-36(14-18-38)44-8-6-28-52-34-44)31-45(47)37-15-11-35(12-16-37)43-7-5-27-51-33-43/h1-34H. The normalized spacial score (nSPS) is 11.0. The predicted octanol–water partition coefficient (Wildman–Crippen LogP) is 12.6. The zero-order valence-corrected chi connectivity index (χ0v) is 29.4. The van der Waals surface area contributed by atoms with E-state index in [-0.39, 0.29) is 0 Å². The fourth-order valence-electron chi connectivity index (χ4n) is 7.01. The van der Waals surface area contributed by atoms with E-state index in [1.807, 2.05) is 85.7 Å². The highest BCUT2D eigenvalue weighted by molar-refractivity contribution is 5.96. The summed E-state index contributed by atoms with van der Waals surface area (Å²) in [4.78, 5) is 17.9. The van der Waals surface area contributed by atoms with Crippen molar-refractivity contribution in [3.8, 4) is 89.3 Å². The Morgan fingerprint density at radius 3 is 0.870 bits per heavy atom. The first-order valence-electron chi connectivity index (χ1n) is 18.0. The summed E-state index contributed by atoms with van der Waals surface area (Å²) in [6.07, 6.45) is 11.1. The van der Waals surface area contributed by atoms with Crippen LogP contribution in [-0.2, 0) is 0 Å². The number of benzene rings is 5. The molecule has 54 heavy (non-hydrogen) atoms. The molecule has 0 atom stereocenters. The van der Waals surface area contributed by atoms with E-state index in [1.165, 1.54) is 0 Å². The molecule has 0 aliphatic rings. The summed E-state index contributed by atoms with van der Waals surface area (Å²) >= 11 is 0. The molecule has 0 fully saturated rings. The fraction of sp³-hybridized carbons (Fsp3) is 0. The van der Waals surface area contributed by atoms with E-state index in [0.717, 1.165) is 89.3 Å². The van der Waals surface area contributed by atoms with Crippen LogP contribution in [0, 0.1) is 0 Å².